The number of rotatable bonds is 6. The molecule has 0 fully saturated rings. The molecule has 0 radical (unpaired) electrons. The molecule has 0 aromatic heterocycles. The Balaban J connectivity index is 0.000000921. The highest BCUT2D eigenvalue weighted by Gasteiger charge is 1.89. The van der Waals surface area contributed by atoms with Crippen molar-refractivity contribution in [3.05, 3.63) is 30.3 Å². The van der Waals surface area contributed by atoms with Crippen LogP contribution in [0.4, 0.5) is 0 Å². The van der Waals surface area contributed by atoms with E-state index in [0.717, 1.165) is 18.8 Å². The van der Waals surface area contributed by atoms with Crippen molar-refractivity contribution in [3.63, 3.8) is 0 Å². The summed E-state index contributed by atoms with van der Waals surface area (Å²) in [6.45, 7) is 7.04. The van der Waals surface area contributed by atoms with E-state index >= 15 is 0 Å². The molecule has 3 nitrogen and oxygen atoms in total. The van der Waals surface area contributed by atoms with Gasteiger partial charge in [0.1, 0.15) is 12.4 Å². The van der Waals surface area contributed by atoms with Gasteiger partial charge in [0.25, 0.3) is 0 Å². The third-order valence-electron chi connectivity index (χ3n) is 1.61. The van der Waals surface area contributed by atoms with Crippen LogP contribution in [0.2, 0.25) is 0 Å². The minimum atomic E-state index is 0.672. The molecule has 0 saturated carbocycles. The lowest BCUT2D eigenvalue weighted by Crippen LogP contribution is -2.26. The predicted molar refractivity (Wildman–Crippen MR) is 65.2 cm³/mol. The molecule has 1 aromatic rings. The van der Waals surface area contributed by atoms with E-state index in [1.54, 1.807) is 0 Å². The molecule has 0 spiro atoms. The first-order valence-corrected chi connectivity index (χ1v) is 5.52. The van der Waals surface area contributed by atoms with Gasteiger partial charge in [-0.05, 0) is 12.1 Å². The molecule has 0 aliphatic carbocycles. The second-order valence-electron chi connectivity index (χ2n) is 2.70. The Morgan fingerprint density at radius 3 is 2.40 bits per heavy atom. The van der Waals surface area contributed by atoms with E-state index in [2.05, 4.69) is 5.32 Å². The van der Waals surface area contributed by atoms with Gasteiger partial charge in [0, 0.05) is 19.6 Å². The molecule has 0 unspecified atom stereocenters. The molecule has 0 saturated heterocycles. The lowest BCUT2D eigenvalue weighted by molar-refractivity contribution is 0.315. The fraction of sp³-hybridized carbons (Fsp3) is 0.500. The quantitative estimate of drug-likeness (QED) is 0.702. The van der Waals surface area contributed by atoms with Gasteiger partial charge < -0.3 is 15.8 Å². The zero-order valence-corrected chi connectivity index (χ0v) is 9.70. The highest BCUT2D eigenvalue weighted by atomic mass is 16.5. The third kappa shape index (κ3) is 7.97. The smallest absolute Gasteiger partial charge is 0.119 e. The monoisotopic (exact) mass is 210 g/mol. The fourth-order valence-electron chi connectivity index (χ4n) is 0.985. The number of nitrogens with one attached hydrogen (secondary N) is 1. The molecule has 3 N–H and O–H groups in total. The number of nitrogens with two attached hydrogens (primary N) is 1. The SMILES string of the molecule is CC.NCCNCCOc1ccccc1. The largest absolute Gasteiger partial charge is 0.492 e. The molecule has 0 aliphatic rings. The van der Waals surface area contributed by atoms with Crippen molar-refractivity contribution < 1.29 is 4.74 Å². The van der Waals surface area contributed by atoms with E-state index in [1.165, 1.54) is 0 Å². The van der Waals surface area contributed by atoms with Crippen LogP contribution in [-0.4, -0.2) is 26.2 Å². The Labute approximate surface area is 92.6 Å². The molecule has 1 rings (SSSR count). The molecule has 86 valence electrons. The maximum Gasteiger partial charge on any atom is 0.119 e. The molecule has 0 amide bonds. The van der Waals surface area contributed by atoms with Crippen LogP contribution in [0, 0.1) is 0 Å². The number of benzene rings is 1. The molecular weight excluding hydrogens is 188 g/mol. The van der Waals surface area contributed by atoms with Crippen LogP contribution in [0.15, 0.2) is 30.3 Å². The van der Waals surface area contributed by atoms with E-state index in [1.807, 2.05) is 44.2 Å². The summed E-state index contributed by atoms with van der Waals surface area (Å²) in [6, 6.07) is 9.79. The van der Waals surface area contributed by atoms with Gasteiger partial charge in [-0.1, -0.05) is 32.0 Å². The topological polar surface area (TPSA) is 47.3 Å². The van der Waals surface area contributed by atoms with Gasteiger partial charge in [0.15, 0.2) is 0 Å². The summed E-state index contributed by atoms with van der Waals surface area (Å²) < 4.78 is 5.45. The predicted octanol–water partition coefficient (Wildman–Crippen LogP) is 1.64. The summed E-state index contributed by atoms with van der Waals surface area (Å²) in [6.07, 6.45) is 0. The van der Waals surface area contributed by atoms with E-state index in [4.69, 9.17) is 10.5 Å². The van der Waals surface area contributed by atoms with Crippen LogP contribution in [0.5, 0.6) is 5.75 Å². The van der Waals surface area contributed by atoms with Crippen molar-refractivity contribution in [1.82, 2.24) is 5.32 Å². The molecule has 3 heteroatoms. The van der Waals surface area contributed by atoms with E-state index in [9.17, 15) is 0 Å². The first-order valence-electron chi connectivity index (χ1n) is 5.52. The standard InChI is InChI=1S/C10H16N2O.C2H6/c11-6-7-12-8-9-13-10-4-2-1-3-5-10;1-2/h1-5,12H,6-9,11H2;1-2H3. The first-order chi connectivity index (χ1) is 7.43. The van der Waals surface area contributed by atoms with Crippen molar-refractivity contribution >= 4 is 0 Å². The maximum atomic E-state index is 5.45. The van der Waals surface area contributed by atoms with Crippen molar-refractivity contribution in [3.8, 4) is 5.75 Å². The van der Waals surface area contributed by atoms with Crippen LogP contribution in [0.3, 0.4) is 0 Å². The Bertz CT molecular complexity index is 214. The van der Waals surface area contributed by atoms with Crippen LogP contribution in [-0.2, 0) is 0 Å². The summed E-state index contributed by atoms with van der Waals surface area (Å²) in [7, 11) is 0. The van der Waals surface area contributed by atoms with Crippen LogP contribution in [0.25, 0.3) is 0 Å². The van der Waals surface area contributed by atoms with Gasteiger partial charge >= 0.3 is 0 Å². The summed E-state index contributed by atoms with van der Waals surface area (Å²) in [5, 5.41) is 3.16. The summed E-state index contributed by atoms with van der Waals surface area (Å²) in [4.78, 5) is 0. The zero-order valence-electron chi connectivity index (χ0n) is 9.70. The summed E-state index contributed by atoms with van der Waals surface area (Å²) >= 11 is 0. The maximum absolute atomic E-state index is 5.45. The molecule has 0 bridgehead atoms. The average molecular weight is 210 g/mol. The van der Waals surface area contributed by atoms with Gasteiger partial charge in [-0.25, -0.2) is 0 Å². The molecule has 1 aromatic carbocycles. The zero-order chi connectivity index (χ0) is 11.4. The van der Waals surface area contributed by atoms with Gasteiger partial charge in [0.05, 0.1) is 0 Å². The lowest BCUT2D eigenvalue weighted by atomic mass is 10.3. The average Bonchev–Trinajstić information content (AvgIpc) is 2.33. The minimum Gasteiger partial charge on any atom is -0.492 e. The minimum absolute atomic E-state index is 0.672. The Morgan fingerprint density at radius 1 is 1.13 bits per heavy atom. The second kappa shape index (κ2) is 11.0. The molecule has 0 aliphatic heterocycles. The Hall–Kier alpha value is -1.06. The molecule has 0 heterocycles. The Morgan fingerprint density at radius 2 is 1.80 bits per heavy atom. The molecule has 15 heavy (non-hydrogen) atoms. The highest BCUT2D eigenvalue weighted by Crippen LogP contribution is 2.07. The van der Waals surface area contributed by atoms with E-state index in [0.29, 0.717) is 13.2 Å². The lowest BCUT2D eigenvalue weighted by Gasteiger charge is -2.05. The van der Waals surface area contributed by atoms with Crippen molar-refractivity contribution in [2.45, 2.75) is 13.8 Å². The summed E-state index contributed by atoms with van der Waals surface area (Å²) in [5.41, 5.74) is 5.32. The van der Waals surface area contributed by atoms with Crippen LogP contribution in [0.1, 0.15) is 13.8 Å². The van der Waals surface area contributed by atoms with E-state index < -0.39 is 0 Å². The fourth-order valence-corrected chi connectivity index (χ4v) is 0.985. The normalized spacial score (nSPS) is 9.00. The van der Waals surface area contributed by atoms with Gasteiger partial charge in [0.2, 0.25) is 0 Å². The van der Waals surface area contributed by atoms with Gasteiger partial charge in [-0.3, -0.25) is 0 Å². The number of para-hydroxylation sites is 1. The van der Waals surface area contributed by atoms with Crippen LogP contribution < -0.4 is 15.8 Å². The highest BCUT2D eigenvalue weighted by molar-refractivity contribution is 5.20. The first kappa shape index (κ1) is 13.9. The second-order valence-corrected chi connectivity index (χ2v) is 2.70. The van der Waals surface area contributed by atoms with E-state index in [-0.39, 0.29) is 0 Å². The van der Waals surface area contributed by atoms with Crippen molar-refractivity contribution in [2.75, 3.05) is 26.2 Å². The number of hydrogen-bond donors (Lipinski definition) is 2. The third-order valence-corrected chi connectivity index (χ3v) is 1.61. The van der Waals surface area contributed by atoms with Gasteiger partial charge in [-0.15, -0.1) is 0 Å². The Kier molecular flexibility index (Phi) is 10.2. The molecule has 0 atom stereocenters. The number of ether oxygens (including phenoxy) is 1. The molecular formula is C12H22N2O. The van der Waals surface area contributed by atoms with Gasteiger partial charge in [-0.2, -0.15) is 0 Å². The van der Waals surface area contributed by atoms with Crippen molar-refractivity contribution in [2.24, 2.45) is 5.73 Å². The number of hydrogen-bond acceptors (Lipinski definition) is 3. The van der Waals surface area contributed by atoms with Crippen LogP contribution >= 0.6 is 0 Å². The van der Waals surface area contributed by atoms with Crippen molar-refractivity contribution in [1.29, 1.82) is 0 Å². The summed E-state index contributed by atoms with van der Waals surface area (Å²) in [5.74, 6) is 0.914.